The molecule has 5 nitrogen and oxygen atoms in total. The number of piperidine rings is 1. The molecule has 2 N–H and O–H groups in total. The Kier molecular flexibility index (Phi) is 7.21. The van der Waals surface area contributed by atoms with E-state index in [0.717, 1.165) is 55.9 Å². The molecule has 9 heteroatoms. The Bertz CT molecular complexity index is 1080. The molecule has 34 heavy (non-hydrogen) atoms. The van der Waals surface area contributed by atoms with E-state index >= 15 is 0 Å². The Hall–Kier alpha value is -3.33. The number of nitrogens with one attached hydrogen (secondary N) is 2. The van der Waals surface area contributed by atoms with Crippen LogP contribution in [0.25, 0.3) is 0 Å². The van der Waals surface area contributed by atoms with Crippen molar-refractivity contribution in [3.05, 3.63) is 89.5 Å². The quantitative estimate of drug-likeness (QED) is 0.439. The van der Waals surface area contributed by atoms with Crippen molar-refractivity contribution >= 4 is 11.7 Å². The number of aromatic nitrogens is 1. The van der Waals surface area contributed by atoms with Gasteiger partial charge < -0.3 is 15.2 Å². The van der Waals surface area contributed by atoms with Gasteiger partial charge in [-0.3, -0.25) is 4.90 Å². The number of benzene rings is 2. The highest BCUT2D eigenvalue weighted by Gasteiger charge is 2.32. The van der Waals surface area contributed by atoms with Gasteiger partial charge in [0, 0.05) is 49.8 Å². The highest BCUT2D eigenvalue weighted by atomic mass is 19.4. The van der Waals surface area contributed by atoms with Gasteiger partial charge in [-0.2, -0.15) is 13.2 Å². The molecular formula is C25H26F4N4O. The molecule has 2 amide bonds. The minimum absolute atomic E-state index is 0.101. The molecule has 4 rings (SSSR count). The summed E-state index contributed by atoms with van der Waals surface area (Å²) in [6.45, 7) is 2.64. The zero-order chi connectivity index (χ0) is 24.1. The molecular weight excluding hydrogens is 448 g/mol. The van der Waals surface area contributed by atoms with Crippen LogP contribution in [0.4, 0.5) is 28.0 Å². The van der Waals surface area contributed by atoms with Gasteiger partial charge in [0.15, 0.2) is 0 Å². The number of amides is 2. The normalized spacial score (nSPS) is 15.3. The van der Waals surface area contributed by atoms with Crippen molar-refractivity contribution < 1.29 is 22.4 Å². The lowest BCUT2D eigenvalue weighted by molar-refractivity contribution is -0.137. The highest BCUT2D eigenvalue weighted by molar-refractivity contribution is 5.89. The maximum atomic E-state index is 13.8. The second-order valence-electron chi connectivity index (χ2n) is 8.47. The molecule has 0 aliphatic carbocycles. The average Bonchev–Trinajstić information content (AvgIpc) is 3.31. The summed E-state index contributed by atoms with van der Waals surface area (Å²) >= 11 is 0. The van der Waals surface area contributed by atoms with E-state index in [1.54, 1.807) is 4.90 Å². The third-order valence-electron chi connectivity index (χ3n) is 5.99. The number of anilines is 1. The van der Waals surface area contributed by atoms with Crippen LogP contribution in [0.1, 0.15) is 29.7 Å². The van der Waals surface area contributed by atoms with E-state index in [2.05, 4.69) is 15.2 Å². The SMILES string of the molecule is O=C(Nc1cc(F)cc(C(F)(F)F)c1)N(Cc1ccccc1)C1CCN(Cc2ccc[nH]2)CC1. The molecule has 0 spiro atoms. The number of rotatable bonds is 6. The number of H-pyrrole nitrogens is 1. The summed E-state index contributed by atoms with van der Waals surface area (Å²) in [7, 11) is 0. The second kappa shape index (κ2) is 10.3. The minimum Gasteiger partial charge on any atom is -0.364 e. The first-order chi connectivity index (χ1) is 16.3. The Balaban J connectivity index is 1.49. The molecule has 0 radical (unpaired) electrons. The summed E-state index contributed by atoms with van der Waals surface area (Å²) in [5.74, 6) is -1.06. The fourth-order valence-electron chi connectivity index (χ4n) is 4.26. The minimum atomic E-state index is -4.71. The van der Waals surface area contributed by atoms with Gasteiger partial charge in [0.25, 0.3) is 0 Å². The Labute approximate surface area is 195 Å². The Morgan fingerprint density at radius 2 is 1.79 bits per heavy atom. The van der Waals surface area contributed by atoms with Crippen molar-refractivity contribution in [3.8, 4) is 0 Å². The molecule has 1 aromatic heterocycles. The first-order valence-corrected chi connectivity index (χ1v) is 11.1. The molecule has 1 aliphatic heterocycles. The van der Waals surface area contributed by atoms with E-state index in [0.29, 0.717) is 12.6 Å². The van der Waals surface area contributed by atoms with E-state index in [1.165, 1.54) is 0 Å². The Morgan fingerprint density at radius 1 is 1.06 bits per heavy atom. The van der Waals surface area contributed by atoms with Crippen LogP contribution in [0.2, 0.25) is 0 Å². The van der Waals surface area contributed by atoms with Crippen LogP contribution in [0, 0.1) is 5.82 Å². The number of carbonyl (C=O) groups excluding carboxylic acids is 1. The van der Waals surface area contributed by atoms with Crippen molar-refractivity contribution in [3.63, 3.8) is 0 Å². The third kappa shape index (κ3) is 6.17. The first-order valence-electron chi connectivity index (χ1n) is 11.1. The van der Waals surface area contributed by atoms with Gasteiger partial charge in [0.05, 0.1) is 5.56 Å². The largest absolute Gasteiger partial charge is 0.416 e. The van der Waals surface area contributed by atoms with Crippen molar-refractivity contribution in [2.45, 2.75) is 38.1 Å². The summed E-state index contributed by atoms with van der Waals surface area (Å²) in [5.41, 5.74) is 0.653. The van der Waals surface area contributed by atoms with Crippen LogP contribution >= 0.6 is 0 Å². The molecule has 2 aromatic carbocycles. The first kappa shape index (κ1) is 23.8. The van der Waals surface area contributed by atoms with Crippen LogP contribution < -0.4 is 5.32 Å². The smallest absolute Gasteiger partial charge is 0.364 e. The number of likely N-dealkylation sites (tertiary alicyclic amines) is 1. The highest BCUT2D eigenvalue weighted by Crippen LogP contribution is 2.32. The molecule has 0 bridgehead atoms. The van der Waals surface area contributed by atoms with Crippen LogP contribution in [0.5, 0.6) is 0 Å². The van der Waals surface area contributed by atoms with Crippen molar-refractivity contribution in [1.82, 2.24) is 14.8 Å². The number of carbonyl (C=O) groups is 1. The molecule has 1 aliphatic rings. The van der Waals surface area contributed by atoms with Crippen LogP contribution in [0.3, 0.4) is 0 Å². The molecule has 1 fully saturated rings. The summed E-state index contributed by atoms with van der Waals surface area (Å²) in [6, 6.07) is 14.8. The lowest BCUT2D eigenvalue weighted by Crippen LogP contribution is -2.48. The predicted octanol–water partition coefficient (Wildman–Crippen LogP) is 5.87. The summed E-state index contributed by atoms with van der Waals surface area (Å²) < 4.78 is 53.1. The summed E-state index contributed by atoms with van der Waals surface area (Å²) in [4.78, 5) is 20.3. The summed E-state index contributed by atoms with van der Waals surface area (Å²) in [6.07, 6.45) is -1.39. The molecule has 0 saturated carbocycles. The topological polar surface area (TPSA) is 51.4 Å². The van der Waals surface area contributed by atoms with Crippen molar-refractivity contribution in [2.75, 3.05) is 18.4 Å². The maximum absolute atomic E-state index is 13.8. The lowest BCUT2D eigenvalue weighted by atomic mass is 10.0. The lowest BCUT2D eigenvalue weighted by Gasteiger charge is -2.38. The van der Waals surface area contributed by atoms with Crippen LogP contribution in [0.15, 0.2) is 66.9 Å². The van der Waals surface area contributed by atoms with Gasteiger partial charge in [0.2, 0.25) is 0 Å². The number of hydrogen-bond donors (Lipinski definition) is 2. The molecule has 180 valence electrons. The molecule has 3 aromatic rings. The van der Waals surface area contributed by atoms with Crippen molar-refractivity contribution in [1.29, 1.82) is 0 Å². The maximum Gasteiger partial charge on any atom is 0.416 e. The fourth-order valence-corrected chi connectivity index (χ4v) is 4.26. The fraction of sp³-hybridized carbons (Fsp3) is 0.320. The van der Waals surface area contributed by atoms with Gasteiger partial charge in [-0.25, -0.2) is 9.18 Å². The van der Waals surface area contributed by atoms with Crippen LogP contribution in [-0.4, -0.2) is 39.9 Å². The van der Waals surface area contributed by atoms with E-state index in [1.807, 2.05) is 48.7 Å². The van der Waals surface area contributed by atoms with Gasteiger partial charge in [-0.15, -0.1) is 0 Å². The number of urea groups is 1. The molecule has 0 unspecified atom stereocenters. The zero-order valence-corrected chi connectivity index (χ0v) is 18.5. The average molecular weight is 475 g/mol. The summed E-state index contributed by atoms with van der Waals surface area (Å²) in [5, 5.41) is 2.49. The predicted molar refractivity (Wildman–Crippen MR) is 121 cm³/mol. The van der Waals surface area contributed by atoms with Crippen LogP contribution in [-0.2, 0) is 19.3 Å². The third-order valence-corrected chi connectivity index (χ3v) is 5.99. The van der Waals surface area contributed by atoms with Crippen molar-refractivity contribution in [2.24, 2.45) is 0 Å². The number of hydrogen-bond acceptors (Lipinski definition) is 2. The molecule has 2 heterocycles. The monoisotopic (exact) mass is 474 g/mol. The number of halogens is 4. The number of aromatic amines is 1. The standard InChI is InChI=1S/C25H26F4N4O/c26-20-13-19(25(27,28)29)14-22(15-20)31-24(34)33(16-18-5-2-1-3-6-18)23-8-11-32(12-9-23)17-21-7-4-10-30-21/h1-7,10,13-15,23,30H,8-9,11-12,16-17H2,(H,31,34). The van der Waals surface area contributed by atoms with Gasteiger partial charge in [0.1, 0.15) is 5.82 Å². The van der Waals surface area contributed by atoms with Gasteiger partial charge in [-0.1, -0.05) is 30.3 Å². The van der Waals surface area contributed by atoms with E-state index in [9.17, 15) is 22.4 Å². The van der Waals surface area contributed by atoms with E-state index in [4.69, 9.17) is 0 Å². The van der Waals surface area contributed by atoms with Gasteiger partial charge in [-0.05, 0) is 48.7 Å². The molecule has 1 saturated heterocycles. The second-order valence-corrected chi connectivity index (χ2v) is 8.47. The Morgan fingerprint density at radius 3 is 2.44 bits per heavy atom. The van der Waals surface area contributed by atoms with E-state index in [-0.39, 0.29) is 11.7 Å². The van der Waals surface area contributed by atoms with E-state index < -0.39 is 23.6 Å². The zero-order valence-electron chi connectivity index (χ0n) is 18.5. The number of alkyl halides is 3. The van der Waals surface area contributed by atoms with Gasteiger partial charge >= 0.3 is 12.2 Å². The number of nitrogens with zero attached hydrogens (tertiary/aromatic N) is 2. The molecule has 0 atom stereocenters.